The number of rotatable bonds is 5. The summed E-state index contributed by atoms with van der Waals surface area (Å²) in [6.45, 7) is 1.87. The number of halogens is 1. The van der Waals surface area contributed by atoms with E-state index >= 15 is 0 Å². The summed E-state index contributed by atoms with van der Waals surface area (Å²) in [5.41, 5.74) is 2.59. The SMILES string of the molecule is COc1ccc(-c2ccc(C(C)CC(=O)O)cc2)cc1F. The Morgan fingerprint density at radius 2 is 1.81 bits per heavy atom. The Bertz CT molecular complexity index is 635. The first-order chi connectivity index (χ1) is 10.0. The summed E-state index contributed by atoms with van der Waals surface area (Å²) < 4.78 is 18.6. The molecule has 0 aliphatic heterocycles. The van der Waals surface area contributed by atoms with E-state index in [1.807, 2.05) is 31.2 Å². The highest BCUT2D eigenvalue weighted by atomic mass is 19.1. The van der Waals surface area contributed by atoms with Crippen molar-refractivity contribution in [2.45, 2.75) is 19.3 Å². The van der Waals surface area contributed by atoms with Crippen LogP contribution in [0.4, 0.5) is 4.39 Å². The fourth-order valence-corrected chi connectivity index (χ4v) is 2.23. The maximum Gasteiger partial charge on any atom is 0.303 e. The Labute approximate surface area is 123 Å². The minimum Gasteiger partial charge on any atom is -0.494 e. The van der Waals surface area contributed by atoms with Gasteiger partial charge in [-0.25, -0.2) is 4.39 Å². The summed E-state index contributed by atoms with van der Waals surface area (Å²) in [6, 6.07) is 12.3. The molecule has 2 rings (SSSR count). The van der Waals surface area contributed by atoms with Gasteiger partial charge in [-0.3, -0.25) is 4.79 Å². The van der Waals surface area contributed by atoms with E-state index in [1.54, 1.807) is 12.1 Å². The van der Waals surface area contributed by atoms with Gasteiger partial charge in [0.2, 0.25) is 0 Å². The van der Waals surface area contributed by atoms with Crippen LogP contribution in [0, 0.1) is 5.82 Å². The standard InChI is InChI=1S/C17H17FO3/c1-11(9-17(19)20)12-3-5-13(6-4-12)14-7-8-16(21-2)15(18)10-14/h3-8,10-11H,9H2,1-2H3,(H,19,20). The van der Waals surface area contributed by atoms with Crippen LogP contribution in [0.15, 0.2) is 42.5 Å². The largest absolute Gasteiger partial charge is 0.494 e. The molecule has 1 atom stereocenters. The molecule has 0 fully saturated rings. The maximum atomic E-state index is 13.7. The molecule has 0 heterocycles. The molecule has 0 bridgehead atoms. The van der Waals surface area contributed by atoms with Crippen LogP contribution in [-0.4, -0.2) is 18.2 Å². The van der Waals surface area contributed by atoms with Crippen LogP contribution >= 0.6 is 0 Å². The van der Waals surface area contributed by atoms with Gasteiger partial charge in [-0.05, 0) is 34.7 Å². The number of methoxy groups -OCH3 is 1. The molecule has 3 nitrogen and oxygen atoms in total. The molecule has 1 N–H and O–H groups in total. The third kappa shape index (κ3) is 3.60. The average Bonchev–Trinajstić information content (AvgIpc) is 2.46. The van der Waals surface area contributed by atoms with Crippen LogP contribution in [0.25, 0.3) is 11.1 Å². The first kappa shape index (κ1) is 15.0. The number of carboxylic acid groups (broad SMARTS) is 1. The van der Waals surface area contributed by atoms with E-state index in [0.29, 0.717) is 0 Å². The average molecular weight is 288 g/mol. The Balaban J connectivity index is 2.22. The van der Waals surface area contributed by atoms with Crippen molar-refractivity contribution in [3.05, 3.63) is 53.8 Å². The number of aliphatic carboxylic acids is 1. The van der Waals surface area contributed by atoms with Crippen molar-refractivity contribution in [2.75, 3.05) is 7.11 Å². The van der Waals surface area contributed by atoms with Gasteiger partial charge in [-0.2, -0.15) is 0 Å². The summed E-state index contributed by atoms with van der Waals surface area (Å²) in [6.07, 6.45) is 0.0938. The molecule has 0 saturated carbocycles. The summed E-state index contributed by atoms with van der Waals surface area (Å²) in [4.78, 5) is 10.7. The molecule has 1 unspecified atom stereocenters. The second kappa shape index (κ2) is 6.39. The zero-order valence-electron chi connectivity index (χ0n) is 12.0. The normalized spacial score (nSPS) is 12.0. The van der Waals surface area contributed by atoms with Crippen LogP contribution in [0.3, 0.4) is 0 Å². The number of benzene rings is 2. The summed E-state index contributed by atoms with van der Waals surface area (Å²) in [7, 11) is 1.43. The minimum atomic E-state index is -0.816. The fourth-order valence-electron chi connectivity index (χ4n) is 2.23. The van der Waals surface area contributed by atoms with Gasteiger partial charge in [0.25, 0.3) is 0 Å². The lowest BCUT2D eigenvalue weighted by atomic mass is 9.95. The van der Waals surface area contributed by atoms with Gasteiger partial charge >= 0.3 is 5.97 Å². The Hall–Kier alpha value is -2.36. The van der Waals surface area contributed by atoms with Crippen LogP contribution in [0.2, 0.25) is 0 Å². The number of carbonyl (C=O) groups is 1. The molecule has 21 heavy (non-hydrogen) atoms. The highest BCUT2D eigenvalue weighted by molar-refractivity contribution is 5.68. The lowest BCUT2D eigenvalue weighted by molar-refractivity contribution is -0.137. The first-order valence-corrected chi connectivity index (χ1v) is 6.67. The van der Waals surface area contributed by atoms with Crippen molar-refractivity contribution < 1.29 is 19.0 Å². The molecule has 0 saturated heterocycles. The molecule has 0 aliphatic carbocycles. The summed E-state index contributed by atoms with van der Waals surface area (Å²) >= 11 is 0. The highest BCUT2D eigenvalue weighted by Crippen LogP contribution is 2.27. The number of hydrogen-bond acceptors (Lipinski definition) is 2. The van der Waals surface area contributed by atoms with Crippen molar-refractivity contribution >= 4 is 5.97 Å². The molecule has 2 aromatic carbocycles. The quantitative estimate of drug-likeness (QED) is 0.901. The molecule has 0 radical (unpaired) electrons. The second-order valence-corrected chi connectivity index (χ2v) is 4.97. The minimum absolute atomic E-state index is 0.0517. The Kier molecular flexibility index (Phi) is 4.58. The van der Waals surface area contributed by atoms with Gasteiger partial charge in [-0.1, -0.05) is 37.3 Å². The van der Waals surface area contributed by atoms with Crippen molar-refractivity contribution in [3.8, 4) is 16.9 Å². The maximum absolute atomic E-state index is 13.7. The van der Waals surface area contributed by atoms with Crippen molar-refractivity contribution in [1.82, 2.24) is 0 Å². The smallest absolute Gasteiger partial charge is 0.303 e. The van der Waals surface area contributed by atoms with Gasteiger partial charge in [0.1, 0.15) is 0 Å². The van der Waals surface area contributed by atoms with Gasteiger partial charge in [0.15, 0.2) is 11.6 Å². The Morgan fingerprint density at radius 3 is 2.33 bits per heavy atom. The van der Waals surface area contributed by atoms with Gasteiger partial charge in [-0.15, -0.1) is 0 Å². The lowest BCUT2D eigenvalue weighted by Gasteiger charge is -2.10. The van der Waals surface area contributed by atoms with Gasteiger partial charge in [0, 0.05) is 0 Å². The van der Waals surface area contributed by atoms with E-state index in [-0.39, 0.29) is 18.1 Å². The zero-order valence-corrected chi connectivity index (χ0v) is 12.0. The number of carboxylic acids is 1. The topological polar surface area (TPSA) is 46.5 Å². The van der Waals surface area contributed by atoms with E-state index < -0.39 is 11.8 Å². The predicted molar refractivity (Wildman–Crippen MR) is 79.1 cm³/mol. The fraction of sp³-hybridized carbons (Fsp3) is 0.235. The number of hydrogen-bond donors (Lipinski definition) is 1. The summed E-state index contributed by atoms with van der Waals surface area (Å²) in [5, 5.41) is 8.80. The van der Waals surface area contributed by atoms with Gasteiger partial charge in [0.05, 0.1) is 13.5 Å². The lowest BCUT2D eigenvalue weighted by Crippen LogP contribution is -2.02. The molecule has 0 aliphatic rings. The van der Waals surface area contributed by atoms with Crippen LogP contribution in [0.1, 0.15) is 24.8 Å². The summed E-state index contributed by atoms with van der Waals surface area (Å²) in [5.74, 6) is -1.06. The Morgan fingerprint density at radius 1 is 1.19 bits per heavy atom. The molecule has 0 spiro atoms. The monoisotopic (exact) mass is 288 g/mol. The molecule has 0 amide bonds. The van der Waals surface area contributed by atoms with Crippen molar-refractivity contribution in [3.63, 3.8) is 0 Å². The molecular formula is C17H17FO3. The van der Waals surface area contributed by atoms with Crippen molar-refractivity contribution in [1.29, 1.82) is 0 Å². The first-order valence-electron chi connectivity index (χ1n) is 6.67. The third-order valence-corrected chi connectivity index (χ3v) is 3.45. The number of ether oxygens (including phenoxy) is 1. The van der Waals surface area contributed by atoms with E-state index in [1.165, 1.54) is 13.2 Å². The van der Waals surface area contributed by atoms with Crippen LogP contribution in [0.5, 0.6) is 5.75 Å². The molecule has 4 heteroatoms. The molecule has 0 aromatic heterocycles. The van der Waals surface area contributed by atoms with E-state index in [9.17, 15) is 9.18 Å². The predicted octanol–water partition coefficient (Wildman–Crippen LogP) is 4.08. The van der Waals surface area contributed by atoms with E-state index in [4.69, 9.17) is 9.84 Å². The molecular weight excluding hydrogens is 271 g/mol. The highest BCUT2D eigenvalue weighted by Gasteiger charge is 2.10. The van der Waals surface area contributed by atoms with Crippen LogP contribution < -0.4 is 4.74 Å². The van der Waals surface area contributed by atoms with Crippen molar-refractivity contribution in [2.24, 2.45) is 0 Å². The van der Waals surface area contributed by atoms with E-state index in [2.05, 4.69) is 0 Å². The van der Waals surface area contributed by atoms with Gasteiger partial charge < -0.3 is 9.84 Å². The molecule has 110 valence electrons. The zero-order chi connectivity index (χ0) is 15.4. The third-order valence-electron chi connectivity index (χ3n) is 3.45. The second-order valence-electron chi connectivity index (χ2n) is 4.97. The molecule has 2 aromatic rings. The van der Waals surface area contributed by atoms with Crippen LogP contribution in [-0.2, 0) is 4.79 Å². The van der Waals surface area contributed by atoms with E-state index in [0.717, 1.165) is 16.7 Å².